The van der Waals surface area contributed by atoms with Gasteiger partial charge in [-0.05, 0) is 49.6 Å². The summed E-state index contributed by atoms with van der Waals surface area (Å²) in [5.74, 6) is 0.456. The number of ether oxygens (including phenoxy) is 1. The van der Waals surface area contributed by atoms with Crippen molar-refractivity contribution in [3.8, 4) is 23.0 Å². The highest BCUT2D eigenvalue weighted by Crippen LogP contribution is 2.32. The molecule has 1 aromatic carbocycles. The molecule has 10 heteroatoms. The number of imidazole rings is 1. The number of fused-ring (bicyclic) bond motifs is 1. The summed E-state index contributed by atoms with van der Waals surface area (Å²) < 4.78 is 5.87. The van der Waals surface area contributed by atoms with E-state index in [0.717, 1.165) is 24.1 Å². The van der Waals surface area contributed by atoms with Crippen molar-refractivity contribution in [2.75, 3.05) is 13.1 Å². The normalized spacial score (nSPS) is 13.8. The highest BCUT2D eigenvalue weighted by atomic mass is 35.5. The highest BCUT2D eigenvalue weighted by molar-refractivity contribution is 6.33. The third-order valence-electron chi connectivity index (χ3n) is 6.67. The lowest BCUT2D eigenvalue weighted by molar-refractivity contribution is -0.128. The molecule has 0 fully saturated rings. The van der Waals surface area contributed by atoms with Crippen LogP contribution in [-0.2, 0) is 15.1 Å². The Morgan fingerprint density at radius 3 is 2.44 bits per heavy atom. The average Bonchev–Trinajstić information content (AvgIpc) is 3.29. The van der Waals surface area contributed by atoms with E-state index in [-0.39, 0.29) is 17.8 Å². The zero-order valence-corrected chi connectivity index (χ0v) is 23.0. The lowest BCUT2D eigenvalue weighted by Gasteiger charge is -2.25. The van der Waals surface area contributed by atoms with Gasteiger partial charge >= 0.3 is 6.01 Å². The number of aromatic amines is 1. The van der Waals surface area contributed by atoms with Gasteiger partial charge in [-0.1, -0.05) is 41.9 Å². The Balaban J connectivity index is 1.33. The first kappa shape index (κ1) is 26.4. The molecular formula is C29H29ClN6O3. The number of nitrogens with one attached hydrogen (secondary N) is 2. The molecule has 200 valence electrons. The molecule has 0 aliphatic carbocycles. The molecule has 2 amide bonds. The Kier molecular flexibility index (Phi) is 7.10. The van der Waals surface area contributed by atoms with E-state index in [2.05, 4.69) is 43.5 Å². The topological polar surface area (TPSA) is 113 Å². The first-order chi connectivity index (χ1) is 18.6. The van der Waals surface area contributed by atoms with Crippen molar-refractivity contribution >= 4 is 40.2 Å². The predicted octanol–water partition coefficient (Wildman–Crippen LogP) is 5.47. The van der Waals surface area contributed by atoms with Gasteiger partial charge in [-0.15, -0.1) is 0 Å². The van der Waals surface area contributed by atoms with Crippen molar-refractivity contribution in [3.05, 3.63) is 71.0 Å². The van der Waals surface area contributed by atoms with Crippen LogP contribution in [-0.4, -0.2) is 49.7 Å². The number of benzene rings is 1. The molecule has 1 aliphatic rings. The molecule has 9 nitrogen and oxygen atoms in total. The lowest BCUT2D eigenvalue weighted by atomic mass is 9.97. The molecule has 0 radical (unpaired) electrons. The fraction of sp³-hybridized carbons (Fsp3) is 0.276. The summed E-state index contributed by atoms with van der Waals surface area (Å²) in [5, 5.41) is 3.37. The fourth-order valence-corrected chi connectivity index (χ4v) is 4.89. The van der Waals surface area contributed by atoms with Gasteiger partial charge in [0.05, 0.1) is 33.7 Å². The van der Waals surface area contributed by atoms with Crippen molar-refractivity contribution in [2.24, 2.45) is 0 Å². The van der Waals surface area contributed by atoms with Crippen molar-refractivity contribution < 1.29 is 14.3 Å². The summed E-state index contributed by atoms with van der Waals surface area (Å²) in [4.78, 5) is 41.6. The maximum atomic E-state index is 11.6. The third-order valence-corrected chi connectivity index (χ3v) is 6.96. The number of hydrogen-bond acceptors (Lipinski definition) is 6. The second-order valence-electron chi connectivity index (χ2n) is 10.0. The molecule has 0 saturated heterocycles. The number of amides is 2. The highest BCUT2D eigenvalue weighted by Gasteiger charge is 2.23. The van der Waals surface area contributed by atoms with Crippen LogP contribution < -0.4 is 10.1 Å². The van der Waals surface area contributed by atoms with Crippen molar-refractivity contribution in [2.45, 2.75) is 39.7 Å². The number of nitrogens with zero attached hydrogens (tertiary/aromatic N) is 4. The molecule has 39 heavy (non-hydrogen) atoms. The second kappa shape index (κ2) is 10.5. The number of halogens is 1. The molecular weight excluding hydrogens is 516 g/mol. The molecule has 4 aromatic rings. The van der Waals surface area contributed by atoms with E-state index in [4.69, 9.17) is 16.3 Å². The van der Waals surface area contributed by atoms with Crippen LogP contribution in [0.2, 0.25) is 5.02 Å². The minimum Gasteiger partial charge on any atom is -0.424 e. The Morgan fingerprint density at radius 1 is 1.08 bits per heavy atom. The number of aromatic nitrogens is 4. The van der Waals surface area contributed by atoms with Gasteiger partial charge in [-0.25, -0.2) is 4.98 Å². The molecule has 1 aliphatic heterocycles. The minimum absolute atomic E-state index is 0.0981. The van der Waals surface area contributed by atoms with Crippen LogP contribution in [0.1, 0.15) is 45.4 Å². The average molecular weight is 545 g/mol. The van der Waals surface area contributed by atoms with Crippen LogP contribution in [0, 0.1) is 0 Å². The number of pyridine rings is 2. The fourth-order valence-electron chi connectivity index (χ4n) is 4.63. The number of hydrogen-bond donors (Lipinski definition) is 2. The Hall–Kier alpha value is -4.24. The van der Waals surface area contributed by atoms with Gasteiger partial charge < -0.3 is 19.9 Å². The van der Waals surface area contributed by atoms with Crippen molar-refractivity contribution in [1.29, 1.82) is 0 Å². The van der Waals surface area contributed by atoms with Crippen LogP contribution in [0.5, 0.6) is 11.8 Å². The third kappa shape index (κ3) is 5.78. The molecule has 0 spiro atoms. The Labute approximate surface area is 231 Å². The maximum absolute atomic E-state index is 11.6. The summed E-state index contributed by atoms with van der Waals surface area (Å²) in [7, 11) is 0. The van der Waals surface area contributed by atoms with Gasteiger partial charge in [-0.3, -0.25) is 14.6 Å². The molecule has 5 rings (SSSR count). The van der Waals surface area contributed by atoms with Crippen molar-refractivity contribution in [3.63, 3.8) is 0 Å². The first-order valence-corrected chi connectivity index (χ1v) is 13.0. The van der Waals surface area contributed by atoms with E-state index in [9.17, 15) is 9.59 Å². The summed E-state index contributed by atoms with van der Waals surface area (Å²) in [6.07, 6.45) is 4.51. The van der Waals surface area contributed by atoms with E-state index in [1.165, 1.54) is 12.5 Å². The zero-order chi connectivity index (χ0) is 27.7. The zero-order valence-electron chi connectivity index (χ0n) is 22.2. The molecule has 0 atom stereocenters. The Morgan fingerprint density at radius 2 is 1.82 bits per heavy atom. The number of H-pyrrole nitrogens is 1. The molecule has 0 unspecified atom stereocenters. The van der Waals surface area contributed by atoms with Crippen LogP contribution >= 0.6 is 11.6 Å². The predicted molar refractivity (Wildman–Crippen MR) is 150 cm³/mol. The quantitative estimate of drug-likeness (QED) is 0.333. The van der Waals surface area contributed by atoms with Gasteiger partial charge in [0.1, 0.15) is 5.75 Å². The molecule has 2 N–H and O–H groups in total. The minimum atomic E-state index is -0.608. The van der Waals surface area contributed by atoms with Gasteiger partial charge in [0, 0.05) is 32.5 Å². The van der Waals surface area contributed by atoms with Crippen molar-refractivity contribution in [1.82, 2.24) is 30.2 Å². The van der Waals surface area contributed by atoms with Crippen LogP contribution in [0.25, 0.3) is 28.0 Å². The molecule has 0 bridgehead atoms. The second-order valence-corrected chi connectivity index (χ2v) is 10.4. The smallest absolute Gasteiger partial charge is 0.301 e. The van der Waals surface area contributed by atoms with E-state index in [1.54, 1.807) is 31.3 Å². The largest absolute Gasteiger partial charge is 0.424 e. The van der Waals surface area contributed by atoms with Crippen LogP contribution in [0.4, 0.5) is 0 Å². The maximum Gasteiger partial charge on any atom is 0.301 e. The summed E-state index contributed by atoms with van der Waals surface area (Å²) in [6, 6.07) is 13.7. The molecule has 3 aromatic heterocycles. The van der Waals surface area contributed by atoms with E-state index < -0.39 is 5.54 Å². The van der Waals surface area contributed by atoms with Gasteiger partial charge in [-0.2, -0.15) is 4.98 Å². The van der Waals surface area contributed by atoms with Crippen LogP contribution in [0.15, 0.2) is 54.7 Å². The monoisotopic (exact) mass is 544 g/mol. The van der Waals surface area contributed by atoms with E-state index in [1.807, 2.05) is 30.9 Å². The summed E-state index contributed by atoms with van der Waals surface area (Å²) in [6.45, 7) is 8.20. The summed E-state index contributed by atoms with van der Waals surface area (Å²) >= 11 is 6.60. The lowest BCUT2D eigenvalue weighted by Crippen LogP contribution is -2.40. The first-order valence-electron chi connectivity index (χ1n) is 12.6. The molecule has 0 saturated carbocycles. The SMILES string of the molecule is CC(=O)NC(C)(C)c1ccc(Oc2nc3nc(-c4ccc(C5=CCN(C(C)=O)CC5)cc4)c(Cl)cc3[nH]2)cn1. The molecule has 4 heterocycles. The number of carbonyl (C=O) groups is 2. The van der Waals surface area contributed by atoms with Crippen LogP contribution in [0.3, 0.4) is 0 Å². The van der Waals surface area contributed by atoms with Gasteiger partial charge in [0.25, 0.3) is 0 Å². The number of rotatable bonds is 6. The Bertz CT molecular complexity index is 1580. The van der Waals surface area contributed by atoms with Gasteiger partial charge in [0.15, 0.2) is 5.65 Å². The summed E-state index contributed by atoms with van der Waals surface area (Å²) in [5.41, 5.74) is 5.07. The standard InChI is InChI=1S/C29H29ClN6O3/c1-17(37)35-29(3,4)25-10-9-22(16-31-25)39-28-32-24-15-23(30)26(33-27(24)34-28)21-7-5-19(6-8-21)20-11-13-36(14-12-20)18(2)38/h5-11,15-16H,12-14H2,1-4H3,(H,35,37)(H,32,33,34). The van der Waals surface area contributed by atoms with E-state index >= 15 is 0 Å². The van der Waals surface area contributed by atoms with Gasteiger partial charge in [0.2, 0.25) is 11.8 Å². The number of carbonyl (C=O) groups excluding carboxylic acids is 2. The van der Waals surface area contributed by atoms with E-state index in [0.29, 0.717) is 39.9 Å².